The molecule has 1 aromatic heterocycles. The molecule has 32 heavy (non-hydrogen) atoms. The van der Waals surface area contributed by atoms with E-state index in [4.69, 9.17) is 20.2 Å². The summed E-state index contributed by atoms with van der Waals surface area (Å²) in [4.78, 5) is 51.8. The highest BCUT2D eigenvalue weighted by molar-refractivity contribution is 6.21. The Hall–Kier alpha value is -3.16. The molecule has 4 N–H and O–H groups in total. The number of carbonyl (C=O) groups is 2. The molecule has 1 saturated heterocycles. The number of anilines is 1. The molecule has 0 radical (unpaired) electrons. The zero-order valence-corrected chi connectivity index (χ0v) is 17.0. The van der Waals surface area contributed by atoms with Crippen LogP contribution in [0.25, 0.3) is 0 Å². The lowest BCUT2D eigenvalue weighted by Crippen LogP contribution is -2.41. The van der Waals surface area contributed by atoms with Crippen LogP contribution >= 0.6 is 0 Å². The lowest BCUT2D eigenvalue weighted by Gasteiger charge is -2.22. The summed E-state index contributed by atoms with van der Waals surface area (Å²) < 4.78 is 6.54. The summed E-state index contributed by atoms with van der Waals surface area (Å²) >= 11 is 0. The smallest absolute Gasteiger partial charge is 0.351 e. The van der Waals surface area contributed by atoms with Gasteiger partial charge < -0.3 is 20.7 Å². The Morgan fingerprint density at radius 2 is 1.75 bits per heavy atom. The van der Waals surface area contributed by atoms with Crippen molar-refractivity contribution in [2.45, 2.75) is 37.5 Å². The molecule has 5 atom stereocenters. The largest absolute Gasteiger partial charge is 0.387 e. The zero-order valence-electron chi connectivity index (χ0n) is 17.0. The first-order chi connectivity index (χ1) is 15.3. The van der Waals surface area contributed by atoms with Gasteiger partial charge in [0.25, 0.3) is 11.8 Å². The second-order valence-corrected chi connectivity index (χ2v) is 7.53. The molecule has 12 heteroatoms. The fraction of sp³-hybridized carbons (Fsp3) is 0.400. The Labute approximate surface area is 181 Å². The predicted molar refractivity (Wildman–Crippen MR) is 107 cm³/mol. The van der Waals surface area contributed by atoms with Crippen LogP contribution in [0, 0.1) is 0 Å². The fourth-order valence-electron chi connectivity index (χ4n) is 3.66. The highest BCUT2D eigenvalue weighted by Gasteiger charge is 2.44. The molecule has 1 unspecified atom stereocenters. The van der Waals surface area contributed by atoms with Crippen LogP contribution in [0.4, 0.5) is 5.82 Å². The van der Waals surface area contributed by atoms with Crippen molar-refractivity contribution in [3.63, 3.8) is 0 Å². The number of nitrogens with two attached hydrogens (primary N) is 1. The van der Waals surface area contributed by atoms with Gasteiger partial charge in [0.2, 0.25) is 0 Å². The van der Waals surface area contributed by atoms with E-state index in [-0.39, 0.29) is 19.0 Å². The number of fused-ring (bicyclic) bond motifs is 1. The van der Waals surface area contributed by atoms with Gasteiger partial charge in [0.05, 0.1) is 17.2 Å². The van der Waals surface area contributed by atoms with Gasteiger partial charge >= 0.3 is 5.69 Å². The summed E-state index contributed by atoms with van der Waals surface area (Å²) in [7, 11) is 0. The number of aliphatic hydroxyl groups excluding tert-OH is 2. The lowest BCUT2D eigenvalue weighted by molar-refractivity contribution is -0.313. The maximum absolute atomic E-state index is 12.5. The summed E-state index contributed by atoms with van der Waals surface area (Å²) in [5.41, 5.74) is 5.37. The second-order valence-electron chi connectivity index (χ2n) is 7.53. The minimum absolute atomic E-state index is 0.0137. The van der Waals surface area contributed by atoms with Crippen LogP contribution in [0.15, 0.2) is 41.3 Å². The standard InChI is InChI=1S/C20H22N4O8/c1-10(24-17(27)11-4-2-3-5-12(11)18(24)28)8-30-31-9-13-15(25)16(26)19(32-13)23-7-6-14(21)22-20(23)29/h2-7,10,13,15-16,19,25-26H,8-9H2,1H3,(H2,21,22,29)/t10?,13-,15-,16-,19-/m1/s1. The van der Waals surface area contributed by atoms with Crippen molar-refractivity contribution in [2.75, 3.05) is 18.9 Å². The van der Waals surface area contributed by atoms with Crippen molar-refractivity contribution in [1.29, 1.82) is 0 Å². The fourth-order valence-corrected chi connectivity index (χ4v) is 3.66. The van der Waals surface area contributed by atoms with E-state index in [0.29, 0.717) is 11.1 Å². The molecule has 0 bridgehead atoms. The van der Waals surface area contributed by atoms with Crippen molar-refractivity contribution < 1.29 is 34.3 Å². The van der Waals surface area contributed by atoms with E-state index in [1.54, 1.807) is 31.2 Å². The van der Waals surface area contributed by atoms with E-state index in [1.165, 1.54) is 12.3 Å². The van der Waals surface area contributed by atoms with Gasteiger partial charge in [-0.25, -0.2) is 14.6 Å². The van der Waals surface area contributed by atoms with Crippen molar-refractivity contribution >= 4 is 17.6 Å². The van der Waals surface area contributed by atoms with Crippen molar-refractivity contribution in [2.24, 2.45) is 0 Å². The molecule has 0 spiro atoms. The Morgan fingerprint density at radius 1 is 1.09 bits per heavy atom. The van der Waals surface area contributed by atoms with Crippen molar-refractivity contribution in [3.8, 4) is 0 Å². The van der Waals surface area contributed by atoms with Crippen LogP contribution in [0.5, 0.6) is 0 Å². The zero-order chi connectivity index (χ0) is 23.0. The summed E-state index contributed by atoms with van der Waals surface area (Å²) in [6.45, 7) is 1.23. The molecular weight excluding hydrogens is 424 g/mol. The molecule has 0 saturated carbocycles. The topological polar surface area (TPSA) is 166 Å². The predicted octanol–water partition coefficient (Wildman–Crippen LogP) is -0.922. The van der Waals surface area contributed by atoms with E-state index in [9.17, 15) is 24.6 Å². The monoisotopic (exact) mass is 446 g/mol. The Kier molecular flexibility index (Phi) is 6.04. The molecule has 2 aliphatic heterocycles. The molecule has 4 rings (SSSR count). The number of imide groups is 1. The van der Waals surface area contributed by atoms with Gasteiger partial charge in [0, 0.05) is 6.20 Å². The van der Waals surface area contributed by atoms with Gasteiger partial charge in [-0.1, -0.05) is 12.1 Å². The number of nitrogen functional groups attached to an aromatic ring is 1. The Morgan fingerprint density at radius 3 is 2.38 bits per heavy atom. The first kappa shape index (κ1) is 22.0. The van der Waals surface area contributed by atoms with Gasteiger partial charge in [-0.05, 0) is 25.1 Å². The summed E-state index contributed by atoms with van der Waals surface area (Å²) in [6.07, 6.45) is -3.66. The molecule has 2 aromatic rings. The third-order valence-electron chi connectivity index (χ3n) is 5.35. The number of ether oxygens (including phenoxy) is 1. The number of hydrogen-bond donors (Lipinski definition) is 3. The first-order valence-corrected chi connectivity index (χ1v) is 9.87. The number of aromatic nitrogens is 2. The van der Waals surface area contributed by atoms with Gasteiger partial charge in [-0.15, -0.1) is 0 Å². The SMILES string of the molecule is CC(COOC[C@H]1O[C@@H](n2ccc(N)nc2=O)[C@H](O)[C@@H]1O)N1C(=O)c2ccccc2C1=O. The lowest BCUT2D eigenvalue weighted by atomic mass is 10.1. The average molecular weight is 446 g/mol. The van der Waals surface area contributed by atoms with Gasteiger partial charge in [-0.3, -0.25) is 19.1 Å². The van der Waals surface area contributed by atoms with Crippen LogP contribution in [0.1, 0.15) is 33.9 Å². The van der Waals surface area contributed by atoms with Crippen LogP contribution < -0.4 is 11.4 Å². The van der Waals surface area contributed by atoms with Crippen LogP contribution in [-0.4, -0.2) is 74.0 Å². The van der Waals surface area contributed by atoms with Gasteiger partial charge in [0.1, 0.15) is 37.3 Å². The van der Waals surface area contributed by atoms with Crippen molar-refractivity contribution in [1.82, 2.24) is 14.5 Å². The van der Waals surface area contributed by atoms with Gasteiger partial charge in [-0.2, -0.15) is 4.98 Å². The molecule has 1 aromatic carbocycles. The van der Waals surface area contributed by atoms with Crippen LogP contribution in [0.2, 0.25) is 0 Å². The number of hydrogen-bond acceptors (Lipinski definition) is 10. The minimum atomic E-state index is -1.41. The highest BCUT2D eigenvalue weighted by Crippen LogP contribution is 2.29. The number of nitrogens with zero attached hydrogens (tertiary/aromatic N) is 3. The number of carbonyl (C=O) groups excluding carboxylic acids is 2. The van der Waals surface area contributed by atoms with E-state index >= 15 is 0 Å². The number of rotatable bonds is 7. The molecule has 2 amide bonds. The Bertz CT molecular complexity index is 1050. The molecule has 170 valence electrons. The van der Waals surface area contributed by atoms with E-state index in [2.05, 4.69) is 4.98 Å². The Balaban J connectivity index is 1.30. The van der Waals surface area contributed by atoms with E-state index < -0.39 is 48.1 Å². The number of amides is 2. The normalized spacial score (nSPS) is 25.9. The minimum Gasteiger partial charge on any atom is -0.387 e. The number of aliphatic hydroxyl groups is 2. The molecule has 12 nitrogen and oxygen atoms in total. The summed E-state index contributed by atoms with van der Waals surface area (Å²) in [6, 6.07) is 7.28. The molecular formula is C20H22N4O8. The molecule has 3 heterocycles. The van der Waals surface area contributed by atoms with E-state index in [1.807, 2.05) is 0 Å². The van der Waals surface area contributed by atoms with E-state index in [0.717, 1.165) is 9.47 Å². The third-order valence-corrected chi connectivity index (χ3v) is 5.35. The summed E-state index contributed by atoms with van der Waals surface area (Å²) in [5.74, 6) is -0.811. The van der Waals surface area contributed by atoms with Crippen LogP contribution in [-0.2, 0) is 14.5 Å². The second kappa shape index (κ2) is 8.76. The summed E-state index contributed by atoms with van der Waals surface area (Å²) in [5, 5.41) is 20.5. The first-order valence-electron chi connectivity index (χ1n) is 9.87. The van der Waals surface area contributed by atoms with Crippen LogP contribution in [0.3, 0.4) is 0 Å². The third kappa shape index (κ3) is 3.89. The average Bonchev–Trinajstić information content (AvgIpc) is 3.19. The maximum Gasteiger partial charge on any atom is 0.351 e. The molecule has 1 fully saturated rings. The molecule has 0 aliphatic carbocycles. The van der Waals surface area contributed by atoms with Crippen molar-refractivity contribution in [3.05, 3.63) is 58.1 Å². The highest BCUT2D eigenvalue weighted by atomic mass is 17.2. The molecule has 2 aliphatic rings. The quantitative estimate of drug-likeness (QED) is 0.209. The maximum atomic E-state index is 12.5. The number of benzene rings is 1. The van der Waals surface area contributed by atoms with Gasteiger partial charge in [0.15, 0.2) is 6.23 Å².